The van der Waals surface area contributed by atoms with Gasteiger partial charge in [0, 0.05) is 0 Å². The molecule has 6 aromatic carbocycles. The summed E-state index contributed by atoms with van der Waals surface area (Å²) in [5.74, 6) is 0. The molecule has 2 saturated heterocycles. The molecule has 0 saturated carbocycles. The van der Waals surface area contributed by atoms with E-state index in [1.54, 1.807) is 0 Å². The fourth-order valence-corrected chi connectivity index (χ4v) is 8.45. The molecule has 2 aliphatic rings. The summed E-state index contributed by atoms with van der Waals surface area (Å²) < 4.78 is 68.0. The molecule has 0 aliphatic carbocycles. The molecule has 10 atom stereocenters. The maximum Gasteiger partial charge on any atom is 0.190 e. The minimum atomic E-state index is -1.17. The Hall–Kier alpha value is -5.38. The first kappa shape index (κ1) is 51.0. The first-order valence-corrected chi connectivity index (χ1v) is 24.2. The van der Waals surface area contributed by atoms with Crippen LogP contribution in [0.15, 0.2) is 194 Å². The molecular weight excluding hydrogens is 885 g/mol. The molecule has 70 heavy (non-hydrogen) atoms. The van der Waals surface area contributed by atoms with E-state index in [1.165, 1.54) is 0 Å². The van der Waals surface area contributed by atoms with E-state index in [-0.39, 0.29) is 39.6 Å². The van der Waals surface area contributed by atoms with E-state index in [1.807, 2.05) is 202 Å². The van der Waals surface area contributed by atoms with Crippen LogP contribution < -0.4 is 0 Å². The Labute approximate surface area is 412 Å². The molecule has 368 valence electrons. The van der Waals surface area contributed by atoms with Gasteiger partial charge in [0.15, 0.2) is 12.6 Å². The summed E-state index contributed by atoms with van der Waals surface area (Å²) in [4.78, 5) is 0. The monoisotopic (exact) mass is 950 g/mol. The lowest BCUT2D eigenvalue weighted by Gasteiger charge is -2.49. The van der Waals surface area contributed by atoms with Crippen molar-refractivity contribution < 1.29 is 52.5 Å². The van der Waals surface area contributed by atoms with Crippen LogP contribution in [-0.2, 0) is 87.0 Å². The lowest BCUT2D eigenvalue weighted by molar-refractivity contribution is -0.392. The lowest BCUT2D eigenvalue weighted by Crippen LogP contribution is -2.65. The standard InChI is InChI=1S/C59H66O11/c1-43(2)33-34-63-53-51(42-62-36-45-23-11-4-12-24-45)69-59(57(67-40-49-31-19-8-20-32-49)55(53)65-38-47-27-15-6-16-28-47)70-58-56(66-39-48-29-17-7-18-30-48)54(64-37-46-25-13-5-14-26-46)52(60)50(68-58)41-61-35-44-21-9-3-10-22-44/h3-33,50-60H,34-42H2,1-2H3/t50?,51?,52-,53-,54?,55?,56?,57?,58-,59-/m1/s1. The molecule has 1 N–H and O–H groups in total. The van der Waals surface area contributed by atoms with Crippen molar-refractivity contribution in [1.82, 2.24) is 0 Å². The van der Waals surface area contributed by atoms with E-state index in [2.05, 4.69) is 0 Å². The molecule has 0 bridgehead atoms. The van der Waals surface area contributed by atoms with Crippen LogP contribution in [0.25, 0.3) is 0 Å². The van der Waals surface area contributed by atoms with Gasteiger partial charge in [-0.2, -0.15) is 0 Å². The van der Waals surface area contributed by atoms with E-state index < -0.39 is 61.4 Å². The van der Waals surface area contributed by atoms with Crippen molar-refractivity contribution in [3.63, 3.8) is 0 Å². The second kappa shape index (κ2) is 27.3. The maximum atomic E-state index is 12.3. The maximum absolute atomic E-state index is 12.3. The molecule has 0 amide bonds. The van der Waals surface area contributed by atoms with Gasteiger partial charge in [-0.3, -0.25) is 0 Å². The SMILES string of the molecule is CC(C)=CCO[C@@H]1C(COCc2ccccc2)O[C@H](O[C@H]2OC(COCc3ccccc3)[C@@H](O)C(OCc3ccccc3)C2OCc2ccccc2)C(OCc2ccccc2)C1OCc1ccccc1. The van der Waals surface area contributed by atoms with Gasteiger partial charge < -0.3 is 52.5 Å². The molecule has 6 aromatic rings. The minimum absolute atomic E-state index is 0.0328. The van der Waals surface area contributed by atoms with Crippen molar-refractivity contribution in [2.45, 2.75) is 115 Å². The molecule has 2 fully saturated rings. The number of aliphatic hydroxyl groups is 1. The number of hydrogen-bond donors (Lipinski definition) is 1. The highest BCUT2D eigenvalue weighted by Crippen LogP contribution is 2.36. The summed E-state index contributed by atoms with van der Waals surface area (Å²) in [5, 5.41) is 12.3. The van der Waals surface area contributed by atoms with E-state index in [4.69, 9.17) is 47.4 Å². The number of rotatable bonds is 25. The van der Waals surface area contributed by atoms with Gasteiger partial charge in [-0.1, -0.05) is 194 Å². The highest BCUT2D eigenvalue weighted by atomic mass is 16.8. The summed E-state index contributed by atoms with van der Waals surface area (Å²) in [6, 6.07) is 59.5. The smallest absolute Gasteiger partial charge is 0.190 e. The first-order chi connectivity index (χ1) is 34.5. The van der Waals surface area contributed by atoms with E-state index in [9.17, 15) is 5.11 Å². The Morgan fingerprint density at radius 3 is 1.13 bits per heavy atom. The topological polar surface area (TPSA) is 113 Å². The molecule has 8 rings (SSSR count). The van der Waals surface area contributed by atoms with Crippen LogP contribution in [0.4, 0.5) is 0 Å². The Kier molecular flexibility index (Phi) is 19.9. The van der Waals surface area contributed by atoms with Crippen LogP contribution in [-0.4, -0.2) is 86.3 Å². The van der Waals surface area contributed by atoms with E-state index >= 15 is 0 Å². The number of ether oxygens (including phenoxy) is 10. The van der Waals surface area contributed by atoms with Gasteiger partial charge in [0.25, 0.3) is 0 Å². The fourth-order valence-electron chi connectivity index (χ4n) is 8.45. The number of hydrogen-bond acceptors (Lipinski definition) is 11. The van der Waals surface area contributed by atoms with Crippen molar-refractivity contribution in [3.05, 3.63) is 227 Å². The molecule has 6 unspecified atom stereocenters. The summed E-state index contributed by atoms with van der Waals surface area (Å²) in [7, 11) is 0. The van der Waals surface area contributed by atoms with Crippen LogP contribution in [0, 0.1) is 0 Å². The van der Waals surface area contributed by atoms with Gasteiger partial charge >= 0.3 is 0 Å². The highest BCUT2D eigenvalue weighted by Gasteiger charge is 2.53. The molecule has 0 radical (unpaired) electrons. The molecule has 11 heteroatoms. The normalized spacial score (nSPS) is 24.5. The van der Waals surface area contributed by atoms with Crippen LogP contribution in [0.1, 0.15) is 47.2 Å². The van der Waals surface area contributed by atoms with E-state index in [0.717, 1.165) is 39.0 Å². The Morgan fingerprint density at radius 2 is 0.729 bits per heavy atom. The third-order valence-corrected chi connectivity index (χ3v) is 12.2. The van der Waals surface area contributed by atoms with Gasteiger partial charge in [0.05, 0.1) is 59.5 Å². The average molecular weight is 951 g/mol. The largest absolute Gasteiger partial charge is 0.387 e. The first-order valence-electron chi connectivity index (χ1n) is 24.2. The van der Waals surface area contributed by atoms with Gasteiger partial charge in [-0.25, -0.2) is 0 Å². The second-order valence-corrected chi connectivity index (χ2v) is 17.8. The fraction of sp³-hybridized carbons (Fsp3) is 0.356. The van der Waals surface area contributed by atoms with Crippen molar-refractivity contribution in [2.24, 2.45) is 0 Å². The van der Waals surface area contributed by atoms with Crippen molar-refractivity contribution in [3.8, 4) is 0 Å². The molecular formula is C59H66O11. The Balaban J connectivity index is 1.16. The van der Waals surface area contributed by atoms with Gasteiger partial charge in [-0.15, -0.1) is 0 Å². The third-order valence-electron chi connectivity index (χ3n) is 12.2. The summed E-state index contributed by atoms with van der Waals surface area (Å²) >= 11 is 0. The third kappa shape index (κ3) is 15.3. The van der Waals surface area contributed by atoms with Crippen molar-refractivity contribution >= 4 is 0 Å². The molecule has 2 heterocycles. The Morgan fingerprint density at radius 1 is 0.400 bits per heavy atom. The molecule has 2 aliphatic heterocycles. The van der Waals surface area contributed by atoms with Crippen LogP contribution in [0.3, 0.4) is 0 Å². The molecule has 0 aromatic heterocycles. The highest BCUT2D eigenvalue weighted by molar-refractivity contribution is 5.18. The molecule has 11 nitrogen and oxygen atoms in total. The van der Waals surface area contributed by atoms with Crippen LogP contribution in [0.5, 0.6) is 0 Å². The minimum Gasteiger partial charge on any atom is -0.387 e. The zero-order chi connectivity index (χ0) is 48.2. The summed E-state index contributed by atoms with van der Waals surface area (Å²) in [5.41, 5.74) is 6.89. The van der Waals surface area contributed by atoms with Gasteiger partial charge in [0.1, 0.15) is 48.8 Å². The summed E-state index contributed by atoms with van der Waals surface area (Å²) in [6.45, 7) is 6.06. The summed E-state index contributed by atoms with van der Waals surface area (Å²) in [6.07, 6.45) is -7.25. The average Bonchev–Trinajstić information content (AvgIpc) is 3.40. The molecule has 0 spiro atoms. The number of benzene rings is 6. The number of aliphatic hydroxyl groups excluding tert-OH is 1. The zero-order valence-electron chi connectivity index (χ0n) is 40.1. The quantitative estimate of drug-likeness (QED) is 0.0554. The van der Waals surface area contributed by atoms with Crippen LogP contribution in [0.2, 0.25) is 0 Å². The van der Waals surface area contributed by atoms with Crippen LogP contribution >= 0.6 is 0 Å². The van der Waals surface area contributed by atoms with Crippen molar-refractivity contribution in [1.29, 1.82) is 0 Å². The zero-order valence-corrected chi connectivity index (χ0v) is 40.1. The Bertz CT molecular complexity index is 2370. The van der Waals surface area contributed by atoms with Crippen molar-refractivity contribution in [2.75, 3.05) is 19.8 Å². The predicted molar refractivity (Wildman–Crippen MR) is 266 cm³/mol. The second-order valence-electron chi connectivity index (χ2n) is 17.8. The van der Waals surface area contributed by atoms with E-state index in [0.29, 0.717) is 19.8 Å². The lowest BCUT2D eigenvalue weighted by atomic mass is 9.96. The number of allylic oxidation sites excluding steroid dienone is 1. The predicted octanol–water partition coefficient (Wildman–Crippen LogP) is 9.94. The van der Waals surface area contributed by atoms with Gasteiger partial charge in [0.2, 0.25) is 0 Å². The van der Waals surface area contributed by atoms with Gasteiger partial charge in [-0.05, 0) is 47.2 Å².